The number of fused-ring (bicyclic) bond motifs is 1. The van der Waals surface area contributed by atoms with E-state index in [4.69, 9.17) is 5.26 Å². The van der Waals surface area contributed by atoms with Crippen LogP contribution >= 0.6 is 0 Å². The molecule has 0 aliphatic carbocycles. The van der Waals surface area contributed by atoms with E-state index in [-0.39, 0.29) is 17.0 Å². The maximum Gasteiger partial charge on any atom is 0.0916 e. The van der Waals surface area contributed by atoms with E-state index in [1.807, 2.05) is 0 Å². The Morgan fingerprint density at radius 1 is 1.18 bits per heavy atom. The summed E-state index contributed by atoms with van der Waals surface area (Å²) in [5, 5.41) is 8.62. The molecule has 2 aliphatic rings. The predicted molar refractivity (Wildman–Crippen MR) is 65.7 cm³/mol. The SMILES string of the molecule is C[N+]12CCCCC1[C@@H](CCCC#N)CCC2.[Br-]. The van der Waals surface area contributed by atoms with Crippen LogP contribution in [-0.2, 0) is 0 Å². The van der Waals surface area contributed by atoms with Gasteiger partial charge in [-0.05, 0) is 44.9 Å². The molecule has 17 heavy (non-hydrogen) atoms. The average molecular weight is 301 g/mol. The fourth-order valence-electron chi connectivity index (χ4n) is 4.01. The van der Waals surface area contributed by atoms with Gasteiger partial charge in [0.25, 0.3) is 0 Å². The van der Waals surface area contributed by atoms with Crippen molar-refractivity contribution < 1.29 is 21.5 Å². The third-order valence-corrected chi connectivity index (χ3v) is 4.87. The van der Waals surface area contributed by atoms with Gasteiger partial charge in [0, 0.05) is 12.3 Å². The zero-order valence-corrected chi connectivity index (χ0v) is 12.6. The minimum Gasteiger partial charge on any atom is -1.00 e. The van der Waals surface area contributed by atoms with Crippen molar-refractivity contribution in [3.63, 3.8) is 0 Å². The molecule has 0 bridgehead atoms. The molecule has 0 amide bonds. The van der Waals surface area contributed by atoms with E-state index >= 15 is 0 Å². The minimum absolute atomic E-state index is 0. The zero-order valence-electron chi connectivity index (χ0n) is 11.0. The van der Waals surface area contributed by atoms with E-state index in [1.165, 1.54) is 56.1 Å². The van der Waals surface area contributed by atoms with Crippen LogP contribution in [-0.4, -0.2) is 30.7 Å². The summed E-state index contributed by atoms with van der Waals surface area (Å²) in [6, 6.07) is 3.20. The number of hydrogen-bond donors (Lipinski definition) is 0. The lowest BCUT2D eigenvalue weighted by molar-refractivity contribution is -0.947. The van der Waals surface area contributed by atoms with Gasteiger partial charge in [0.1, 0.15) is 0 Å². The monoisotopic (exact) mass is 300 g/mol. The Hall–Kier alpha value is -0.0700. The Kier molecular flexibility index (Phi) is 5.95. The average Bonchev–Trinajstić information content (AvgIpc) is 2.29. The fraction of sp³-hybridized carbons (Fsp3) is 0.929. The fourth-order valence-corrected chi connectivity index (χ4v) is 4.01. The van der Waals surface area contributed by atoms with Gasteiger partial charge in [-0.25, -0.2) is 0 Å². The van der Waals surface area contributed by atoms with Crippen LogP contribution in [0, 0.1) is 17.2 Å². The summed E-state index contributed by atoms with van der Waals surface area (Å²) in [6.45, 7) is 2.80. The van der Waals surface area contributed by atoms with Crippen molar-refractivity contribution >= 4 is 0 Å². The highest BCUT2D eigenvalue weighted by molar-refractivity contribution is 4.80. The maximum atomic E-state index is 8.62. The molecule has 2 saturated heterocycles. The van der Waals surface area contributed by atoms with E-state index in [0.717, 1.165) is 24.8 Å². The summed E-state index contributed by atoms with van der Waals surface area (Å²) in [5.74, 6) is 0.910. The van der Waals surface area contributed by atoms with Gasteiger partial charge in [-0.1, -0.05) is 0 Å². The second kappa shape index (κ2) is 6.75. The summed E-state index contributed by atoms with van der Waals surface area (Å²) < 4.78 is 1.34. The number of piperidine rings is 2. The van der Waals surface area contributed by atoms with Gasteiger partial charge < -0.3 is 21.5 Å². The standard InChI is InChI=1S/C14H25N2.BrH/c1-16-11-5-3-9-14(16)13(8-6-12-16)7-2-4-10-15;/h13-14H,2-9,11-12H2,1H3;1H/q+1;/p-1/t13-,14?,16?;/m0./s1. The van der Waals surface area contributed by atoms with Crippen molar-refractivity contribution in [3.8, 4) is 6.07 Å². The topological polar surface area (TPSA) is 23.8 Å². The summed E-state index contributed by atoms with van der Waals surface area (Å²) in [6.07, 6.45) is 10.3. The van der Waals surface area contributed by atoms with Crippen LogP contribution in [0.3, 0.4) is 0 Å². The first-order valence-electron chi connectivity index (χ1n) is 6.97. The van der Waals surface area contributed by atoms with E-state index in [1.54, 1.807) is 0 Å². The summed E-state index contributed by atoms with van der Waals surface area (Å²) >= 11 is 0. The number of hydrogen-bond acceptors (Lipinski definition) is 1. The van der Waals surface area contributed by atoms with Gasteiger partial charge in [0.05, 0.1) is 32.2 Å². The molecule has 0 saturated carbocycles. The van der Waals surface area contributed by atoms with Crippen LogP contribution in [0.25, 0.3) is 0 Å². The first-order valence-corrected chi connectivity index (χ1v) is 6.97. The quantitative estimate of drug-likeness (QED) is 0.535. The smallest absolute Gasteiger partial charge is 0.0916 e. The Morgan fingerprint density at radius 3 is 2.71 bits per heavy atom. The first kappa shape index (κ1) is 15.0. The van der Waals surface area contributed by atoms with Crippen molar-refractivity contribution in [2.75, 3.05) is 20.1 Å². The molecule has 0 aromatic rings. The second-order valence-corrected chi connectivity index (χ2v) is 5.94. The molecular formula is C14H25BrN2. The summed E-state index contributed by atoms with van der Waals surface area (Å²) in [4.78, 5) is 0. The van der Waals surface area contributed by atoms with Crippen LogP contribution in [0.4, 0.5) is 0 Å². The molecule has 98 valence electrons. The van der Waals surface area contributed by atoms with E-state index in [9.17, 15) is 0 Å². The molecule has 2 aliphatic heterocycles. The molecule has 0 aromatic carbocycles. The van der Waals surface area contributed by atoms with Gasteiger partial charge in [-0.3, -0.25) is 0 Å². The number of unbranched alkanes of at least 4 members (excludes halogenated alkanes) is 1. The van der Waals surface area contributed by atoms with E-state index < -0.39 is 0 Å². The van der Waals surface area contributed by atoms with Crippen LogP contribution in [0.15, 0.2) is 0 Å². The molecule has 2 nitrogen and oxygen atoms in total. The normalized spacial score (nSPS) is 36.5. The highest BCUT2D eigenvalue weighted by Gasteiger charge is 2.42. The Labute approximate surface area is 116 Å². The Bertz CT molecular complexity index is 270. The van der Waals surface area contributed by atoms with Gasteiger partial charge in [-0.15, -0.1) is 0 Å². The number of nitrogens with zero attached hydrogens (tertiary/aromatic N) is 2. The molecule has 2 unspecified atom stereocenters. The zero-order chi connectivity index (χ0) is 11.4. The lowest BCUT2D eigenvalue weighted by atomic mass is 9.79. The van der Waals surface area contributed by atoms with Crippen LogP contribution in [0.5, 0.6) is 0 Å². The van der Waals surface area contributed by atoms with Crippen LogP contribution < -0.4 is 17.0 Å². The number of quaternary nitrogens is 1. The van der Waals surface area contributed by atoms with Crippen molar-refractivity contribution in [3.05, 3.63) is 0 Å². The summed E-state index contributed by atoms with van der Waals surface area (Å²) in [5.41, 5.74) is 0. The molecule has 3 heteroatoms. The highest BCUT2D eigenvalue weighted by Crippen LogP contribution is 2.38. The van der Waals surface area contributed by atoms with Crippen LogP contribution in [0.1, 0.15) is 51.4 Å². The Balaban J connectivity index is 0.00000144. The third-order valence-electron chi connectivity index (χ3n) is 4.87. The van der Waals surface area contributed by atoms with E-state index in [2.05, 4.69) is 13.1 Å². The van der Waals surface area contributed by atoms with Crippen molar-refractivity contribution in [1.82, 2.24) is 0 Å². The second-order valence-electron chi connectivity index (χ2n) is 5.94. The molecule has 0 aromatic heterocycles. The number of nitriles is 1. The number of halogens is 1. The lowest BCUT2D eigenvalue weighted by Crippen LogP contribution is -3.00. The van der Waals surface area contributed by atoms with Gasteiger partial charge in [0.15, 0.2) is 0 Å². The predicted octanol–water partition coefficient (Wildman–Crippen LogP) is 0.0934. The van der Waals surface area contributed by atoms with Gasteiger partial charge in [-0.2, -0.15) is 5.26 Å². The Morgan fingerprint density at radius 2 is 1.94 bits per heavy atom. The van der Waals surface area contributed by atoms with E-state index in [0.29, 0.717) is 0 Å². The molecular weight excluding hydrogens is 276 g/mol. The maximum absolute atomic E-state index is 8.62. The number of rotatable bonds is 3. The first-order chi connectivity index (χ1) is 7.76. The lowest BCUT2D eigenvalue weighted by Gasteiger charge is -2.51. The molecule has 0 spiro atoms. The van der Waals surface area contributed by atoms with Crippen LogP contribution in [0.2, 0.25) is 0 Å². The van der Waals surface area contributed by atoms with Gasteiger partial charge in [0.2, 0.25) is 0 Å². The minimum atomic E-state index is 0. The van der Waals surface area contributed by atoms with Crippen molar-refractivity contribution in [2.45, 2.75) is 57.4 Å². The molecule has 2 fully saturated rings. The largest absolute Gasteiger partial charge is 1.00 e. The molecule has 3 atom stereocenters. The molecule has 2 heterocycles. The molecule has 0 radical (unpaired) electrons. The highest BCUT2D eigenvalue weighted by atomic mass is 79.9. The van der Waals surface area contributed by atoms with Crippen molar-refractivity contribution in [1.29, 1.82) is 5.26 Å². The third kappa shape index (κ3) is 3.45. The molecule has 0 N–H and O–H groups in total. The molecule has 2 rings (SSSR count). The van der Waals surface area contributed by atoms with Crippen molar-refractivity contribution in [2.24, 2.45) is 5.92 Å². The summed E-state index contributed by atoms with van der Waals surface area (Å²) in [7, 11) is 2.47. The van der Waals surface area contributed by atoms with Gasteiger partial charge >= 0.3 is 0 Å².